The third-order valence-electron chi connectivity index (χ3n) is 4.45. The molecule has 0 aliphatic heterocycles. The van der Waals surface area contributed by atoms with Gasteiger partial charge in [0.1, 0.15) is 5.84 Å². The Bertz CT molecular complexity index is 985. The summed E-state index contributed by atoms with van der Waals surface area (Å²) in [7, 11) is 0. The third-order valence-corrected chi connectivity index (χ3v) is 4.45. The summed E-state index contributed by atoms with van der Waals surface area (Å²) in [6.07, 6.45) is 3.81. The van der Waals surface area contributed by atoms with E-state index in [-0.39, 0.29) is 0 Å². The molecular weight excluding hydrogens is 332 g/mol. The number of amidine groups is 1. The first kappa shape index (κ1) is 18.4. The van der Waals surface area contributed by atoms with Crippen molar-refractivity contribution in [3.8, 4) is 0 Å². The van der Waals surface area contributed by atoms with Crippen LogP contribution in [0.3, 0.4) is 0 Å². The second kappa shape index (κ2) is 8.32. The Morgan fingerprint density at radius 2 is 1.78 bits per heavy atom. The number of nitrogen functional groups attached to an aromatic ring is 1. The predicted octanol–water partition coefficient (Wildman–Crippen LogP) is 4.44. The average molecular weight is 356 g/mol. The van der Waals surface area contributed by atoms with Gasteiger partial charge in [-0.05, 0) is 54.8 Å². The van der Waals surface area contributed by atoms with Crippen molar-refractivity contribution in [2.24, 2.45) is 10.7 Å². The largest absolute Gasteiger partial charge is 0.398 e. The molecule has 0 aliphatic rings. The molecule has 0 spiro atoms. The second-order valence-electron chi connectivity index (χ2n) is 6.53. The van der Waals surface area contributed by atoms with Gasteiger partial charge < -0.3 is 11.5 Å². The highest BCUT2D eigenvalue weighted by Crippen LogP contribution is 2.19. The Labute approximate surface area is 160 Å². The van der Waals surface area contributed by atoms with Crippen LogP contribution in [0.1, 0.15) is 34.9 Å². The molecule has 3 aromatic rings. The average Bonchev–Trinajstić information content (AvgIpc) is 2.68. The topological polar surface area (TPSA) is 77.3 Å². The Hall–Kier alpha value is -3.40. The van der Waals surface area contributed by atoms with E-state index in [0.717, 1.165) is 33.6 Å². The van der Waals surface area contributed by atoms with Crippen molar-refractivity contribution < 1.29 is 0 Å². The lowest BCUT2D eigenvalue weighted by Gasteiger charge is -2.08. The number of para-hydroxylation sites is 1. The number of pyridine rings is 1. The molecule has 0 unspecified atom stereocenters. The van der Waals surface area contributed by atoms with Crippen LogP contribution in [0, 0.1) is 6.92 Å². The van der Waals surface area contributed by atoms with Gasteiger partial charge in [-0.15, -0.1) is 0 Å². The van der Waals surface area contributed by atoms with Gasteiger partial charge in [0, 0.05) is 17.4 Å². The van der Waals surface area contributed by atoms with Gasteiger partial charge in [0.15, 0.2) is 0 Å². The van der Waals surface area contributed by atoms with E-state index in [1.54, 1.807) is 6.20 Å². The molecule has 4 heteroatoms. The molecule has 0 saturated carbocycles. The molecule has 27 heavy (non-hydrogen) atoms. The molecule has 136 valence electrons. The summed E-state index contributed by atoms with van der Waals surface area (Å²) in [4.78, 5) is 9.02. The number of aryl methyl sites for hydroxylation is 1. The zero-order chi connectivity index (χ0) is 19.2. The predicted molar refractivity (Wildman–Crippen MR) is 114 cm³/mol. The molecule has 0 fully saturated rings. The monoisotopic (exact) mass is 356 g/mol. The number of benzene rings is 2. The van der Waals surface area contributed by atoms with Crippen molar-refractivity contribution in [1.82, 2.24) is 4.98 Å². The minimum Gasteiger partial charge on any atom is -0.398 e. The first-order valence-corrected chi connectivity index (χ1v) is 8.88. The van der Waals surface area contributed by atoms with Crippen molar-refractivity contribution >= 4 is 23.2 Å². The fourth-order valence-corrected chi connectivity index (χ4v) is 2.79. The second-order valence-corrected chi connectivity index (χ2v) is 6.53. The summed E-state index contributed by atoms with van der Waals surface area (Å²) < 4.78 is 0. The van der Waals surface area contributed by atoms with Crippen molar-refractivity contribution in [2.45, 2.75) is 20.4 Å². The number of allylic oxidation sites excluding steroid dienone is 1. The molecule has 0 radical (unpaired) electrons. The van der Waals surface area contributed by atoms with E-state index in [0.29, 0.717) is 12.4 Å². The molecule has 3 rings (SSSR count). The van der Waals surface area contributed by atoms with E-state index in [1.165, 1.54) is 5.56 Å². The SMILES string of the molecule is C/C(=C\c1ncccc1C(N)=NCc1ccccc1N)c1ccc(C)cc1. The van der Waals surface area contributed by atoms with Crippen LogP contribution in [0.2, 0.25) is 0 Å². The number of hydrogen-bond acceptors (Lipinski definition) is 3. The van der Waals surface area contributed by atoms with Crippen LogP contribution >= 0.6 is 0 Å². The summed E-state index contributed by atoms with van der Waals surface area (Å²) in [6, 6.07) is 19.9. The molecule has 0 aliphatic carbocycles. The van der Waals surface area contributed by atoms with E-state index < -0.39 is 0 Å². The number of nitrogens with zero attached hydrogens (tertiary/aromatic N) is 2. The van der Waals surface area contributed by atoms with Gasteiger partial charge in [-0.2, -0.15) is 0 Å². The van der Waals surface area contributed by atoms with Crippen LogP contribution in [0.15, 0.2) is 71.9 Å². The van der Waals surface area contributed by atoms with Crippen molar-refractivity contribution in [2.75, 3.05) is 5.73 Å². The van der Waals surface area contributed by atoms with E-state index in [1.807, 2.05) is 42.5 Å². The maximum atomic E-state index is 6.27. The molecular formula is C23H24N4. The Balaban J connectivity index is 1.89. The summed E-state index contributed by atoms with van der Waals surface area (Å²) in [5.41, 5.74) is 19.1. The zero-order valence-electron chi connectivity index (χ0n) is 15.7. The van der Waals surface area contributed by atoms with Crippen molar-refractivity contribution in [3.63, 3.8) is 0 Å². The van der Waals surface area contributed by atoms with Gasteiger partial charge in [0.05, 0.1) is 12.2 Å². The fourth-order valence-electron chi connectivity index (χ4n) is 2.79. The number of anilines is 1. The highest BCUT2D eigenvalue weighted by atomic mass is 14.9. The Kier molecular flexibility index (Phi) is 5.67. The van der Waals surface area contributed by atoms with Crippen LogP contribution in [0.4, 0.5) is 5.69 Å². The van der Waals surface area contributed by atoms with Crippen LogP contribution in [-0.4, -0.2) is 10.8 Å². The van der Waals surface area contributed by atoms with Gasteiger partial charge in [-0.1, -0.05) is 48.0 Å². The fraction of sp³-hybridized carbons (Fsp3) is 0.130. The molecule has 2 aromatic carbocycles. The molecule has 4 nitrogen and oxygen atoms in total. The summed E-state index contributed by atoms with van der Waals surface area (Å²) in [5, 5.41) is 0. The quantitative estimate of drug-likeness (QED) is 0.403. The van der Waals surface area contributed by atoms with Crippen LogP contribution in [-0.2, 0) is 6.54 Å². The van der Waals surface area contributed by atoms with Gasteiger partial charge in [0.2, 0.25) is 0 Å². The highest BCUT2D eigenvalue weighted by molar-refractivity contribution is 6.01. The first-order valence-electron chi connectivity index (χ1n) is 8.88. The van der Waals surface area contributed by atoms with Gasteiger partial charge in [-0.25, -0.2) is 0 Å². The van der Waals surface area contributed by atoms with E-state index in [9.17, 15) is 0 Å². The smallest absolute Gasteiger partial charge is 0.128 e. The standard InChI is InChI=1S/C23H24N4/c1-16-9-11-18(12-10-16)17(2)14-22-20(7-5-13-26-22)23(25)27-15-19-6-3-4-8-21(19)24/h3-14H,15,24H2,1-2H3,(H2,25,27)/b17-14+. The molecule has 1 aromatic heterocycles. The van der Waals surface area contributed by atoms with Crippen molar-refractivity contribution in [1.29, 1.82) is 0 Å². The number of nitrogens with two attached hydrogens (primary N) is 2. The number of rotatable bonds is 5. The minimum atomic E-state index is 0.438. The van der Waals surface area contributed by atoms with Gasteiger partial charge in [-0.3, -0.25) is 9.98 Å². The maximum absolute atomic E-state index is 6.27. The lowest BCUT2D eigenvalue weighted by molar-refractivity contribution is 1.06. The number of aromatic nitrogens is 1. The maximum Gasteiger partial charge on any atom is 0.128 e. The van der Waals surface area contributed by atoms with E-state index in [2.05, 4.69) is 48.1 Å². The summed E-state index contributed by atoms with van der Waals surface area (Å²) >= 11 is 0. The summed E-state index contributed by atoms with van der Waals surface area (Å²) in [6.45, 7) is 4.59. The number of hydrogen-bond donors (Lipinski definition) is 2. The van der Waals surface area contributed by atoms with E-state index in [4.69, 9.17) is 11.5 Å². The molecule has 0 atom stereocenters. The van der Waals surface area contributed by atoms with Crippen LogP contribution in [0.25, 0.3) is 11.6 Å². The lowest BCUT2D eigenvalue weighted by Crippen LogP contribution is -2.16. The molecule has 1 heterocycles. The van der Waals surface area contributed by atoms with Gasteiger partial charge >= 0.3 is 0 Å². The normalized spacial score (nSPS) is 12.2. The molecule has 4 N–H and O–H groups in total. The minimum absolute atomic E-state index is 0.438. The lowest BCUT2D eigenvalue weighted by atomic mass is 10.0. The molecule has 0 bridgehead atoms. The highest BCUT2D eigenvalue weighted by Gasteiger charge is 2.07. The Morgan fingerprint density at radius 3 is 2.52 bits per heavy atom. The van der Waals surface area contributed by atoms with Gasteiger partial charge in [0.25, 0.3) is 0 Å². The zero-order valence-corrected chi connectivity index (χ0v) is 15.7. The first-order chi connectivity index (χ1) is 13.0. The molecule has 0 amide bonds. The summed E-state index contributed by atoms with van der Waals surface area (Å²) in [5.74, 6) is 0.453. The molecule has 0 saturated heterocycles. The van der Waals surface area contributed by atoms with Crippen LogP contribution in [0.5, 0.6) is 0 Å². The Morgan fingerprint density at radius 1 is 1.04 bits per heavy atom. The third kappa shape index (κ3) is 4.61. The van der Waals surface area contributed by atoms with Crippen LogP contribution < -0.4 is 11.5 Å². The number of aliphatic imine (C=N–C) groups is 1. The van der Waals surface area contributed by atoms with E-state index >= 15 is 0 Å². The van der Waals surface area contributed by atoms with Crippen molar-refractivity contribution in [3.05, 3.63) is 94.8 Å².